The van der Waals surface area contributed by atoms with E-state index in [2.05, 4.69) is 25.2 Å². The Bertz CT molecular complexity index is 625. The molecule has 0 bridgehead atoms. The number of rotatable bonds is 3. The largest absolute Gasteiger partial charge is 0.357 e. The maximum absolute atomic E-state index is 6.06. The highest BCUT2D eigenvalue weighted by Gasteiger charge is 2.16. The van der Waals surface area contributed by atoms with Gasteiger partial charge < -0.3 is 10.2 Å². The molecule has 110 valence electrons. The lowest BCUT2D eigenvalue weighted by molar-refractivity contribution is 0.568. The van der Waals surface area contributed by atoms with E-state index in [1.807, 2.05) is 31.3 Å². The number of anilines is 2. The van der Waals surface area contributed by atoms with Gasteiger partial charge in [-0.3, -0.25) is 0 Å². The van der Waals surface area contributed by atoms with Crippen LogP contribution < -0.4 is 10.2 Å². The third-order valence-corrected chi connectivity index (χ3v) is 3.80. The number of nitrogens with zero attached hydrogens (tertiary/aromatic N) is 4. The van der Waals surface area contributed by atoms with Gasteiger partial charge in [0.05, 0.1) is 0 Å². The first kappa shape index (κ1) is 14.1. The van der Waals surface area contributed by atoms with Gasteiger partial charge >= 0.3 is 0 Å². The molecule has 0 aliphatic carbocycles. The molecule has 1 aromatic heterocycles. The van der Waals surface area contributed by atoms with E-state index < -0.39 is 0 Å². The van der Waals surface area contributed by atoms with Crippen LogP contribution in [0.1, 0.15) is 19.3 Å². The molecule has 0 atom stereocenters. The standard InChI is InChI=1S/C15H18ClN5/c1-17-14-18-13(11-6-5-7-12(16)10-11)19-15(20-14)21-8-3-2-4-9-21/h5-7,10H,2-4,8-9H2,1H3,(H,17,18,19,20). The van der Waals surface area contributed by atoms with Crippen molar-refractivity contribution in [2.75, 3.05) is 30.4 Å². The first-order valence-corrected chi connectivity index (χ1v) is 7.59. The minimum absolute atomic E-state index is 0.584. The van der Waals surface area contributed by atoms with Gasteiger partial charge in [-0.05, 0) is 31.4 Å². The first-order chi connectivity index (χ1) is 10.3. The molecule has 1 aliphatic rings. The highest BCUT2D eigenvalue weighted by atomic mass is 35.5. The number of aromatic nitrogens is 3. The predicted molar refractivity (Wildman–Crippen MR) is 85.9 cm³/mol. The summed E-state index contributed by atoms with van der Waals surface area (Å²) in [6.07, 6.45) is 3.65. The molecular formula is C15H18ClN5. The molecule has 2 heterocycles. The van der Waals surface area contributed by atoms with Crippen molar-refractivity contribution in [2.24, 2.45) is 0 Å². The van der Waals surface area contributed by atoms with Crippen molar-refractivity contribution in [1.29, 1.82) is 0 Å². The maximum atomic E-state index is 6.06. The average molecular weight is 304 g/mol. The molecule has 21 heavy (non-hydrogen) atoms. The highest BCUT2D eigenvalue weighted by molar-refractivity contribution is 6.30. The molecular weight excluding hydrogens is 286 g/mol. The summed E-state index contributed by atoms with van der Waals surface area (Å²) in [7, 11) is 1.82. The van der Waals surface area contributed by atoms with Crippen LogP contribution in [-0.2, 0) is 0 Å². The predicted octanol–water partition coefficient (Wildman–Crippen LogP) is 3.22. The van der Waals surface area contributed by atoms with E-state index in [1.54, 1.807) is 0 Å². The zero-order chi connectivity index (χ0) is 14.7. The topological polar surface area (TPSA) is 53.9 Å². The molecule has 1 aromatic carbocycles. The molecule has 0 spiro atoms. The Morgan fingerprint density at radius 2 is 1.90 bits per heavy atom. The Balaban J connectivity index is 2.00. The molecule has 1 saturated heterocycles. The van der Waals surface area contributed by atoms with Crippen molar-refractivity contribution < 1.29 is 0 Å². The third kappa shape index (κ3) is 3.24. The molecule has 0 saturated carbocycles. The van der Waals surface area contributed by atoms with Gasteiger partial charge in [0.25, 0.3) is 0 Å². The van der Waals surface area contributed by atoms with Gasteiger partial charge in [0, 0.05) is 30.7 Å². The summed E-state index contributed by atoms with van der Waals surface area (Å²) in [5, 5.41) is 3.69. The number of hydrogen-bond acceptors (Lipinski definition) is 5. The quantitative estimate of drug-likeness (QED) is 0.943. The summed E-state index contributed by atoms with van der Waals surface area (Å²) in [6, 6.07) is 7.58. The van der Waals surface area contributed by atoms with Gasteiger partial charge in [-0.15, -0.1) is 0 Å². The number of benzene rings is 1. The van der Waals surface area contributed by atoms with Gasteiger partial charge in [0.2, 0.25) is 11.9 Å². The van der Waals surface area contributed by atoms with Gasteiger partial charge in [-0.1, -0.05) is 23.7 Å². The third-order valence-electron chi connectivity index (χ3n) is 3.57. The lowest BCUT2D eigenvalue weighted by Crippen LogP contribution is -2.31. The highest BCUT2D eigenvalue weighted by Crippen LogP contribution is 2.23. The number of halogens is 1. The molecule has 5 nitrogen and oxygen atoms in total. The fourth-order valence-corrected chi connectivity index (χ4v) is 2.66. The van der Waals surface area contributed by atoms with Crippen LogP contribution in [-0.4, -0.2) is 35.1 Å². The zero-order valence-electron chi connectivity index (χ0n) is 12.0. The molecule has 2 aromatic rings. The Morgan fingerprint density at radius 3 is 2.62 bits per heavy atom. The zero-order valence-corrected chi connectivity index (χ0v) is 12.8. The molecule has 1 fully saturated rings. The van der Waals surface area contributed by atoms with Crippen LogP contribution >= 0.6 is 11.6 Å². The van der Waals surface area contributed by atoms with E-state index in [9.17, 15) is 0 Å². The summed E-state index contributed by atoms with van der Waals surface area (Å²) < 4.78 is 0. The van der Waals surface area contributed by atoms with Crippen LogP contribution in [0.3, 0.4) is 0 Å². The van der Waals surface area contributed by atoms with E-state index in [1.165, 1.54) is 19.3 Å². The molecule has 0 amide bonds. The molecule has 0 radical (unpaired) electrons. The fourth-order valence-electron chi connectivity index (χ4n) is 2.47. The second-order valence-electron chi connectivity index (χ2n) is 5.09. The van der Waals surface area contributed by atoms with Crippen molar-refractivity contribution in [3.8, 4) is 11.4 Å². The molecule has 0 unspecified atom stereocenters. The number of piperidine rings is 1. The van der Waals surface area contributed by atoms with Crippen LogP contribution in [0.4, 0.5) is 11.9 Å². The Hall–Kier alpha value is -1.88. The van der Waals surface area contributed by atoms with Crippen LogP contribution in [0.5, 0.6) is 0 Å². The van der Waals surface area contributed by atoms with Gasteiger partial charge in [-0.2, -0.15) is 15.0 Å². The van der Waals surface area contributed by atoms with Gasteiger partial charge in [0.15, 0.2) is 5.82 Å². The Kier molecular flexibility index (Phi) is 4.20. The van der Waals surface area contributed by atoms with E-state index in [-0.39, 0.29) is 0 Å². The minimum atomic E-state index is 0.584. The summed E-state index contributed by atoms with van der Waals surface area (Å²) in [4.78, 5) is 15.8. The normalized spacial score (nSPS) is 15.0. The van der Waals surface area contributed by atoms with E-state index in [0.29, 0.717) is 16.8 Å². The Morgan fingerprint density at radius 1 is 1.10 bits per heavy atom. The van der Waals surface area contributed by atoms with E-state index in [4.69, 9.17) is 11.6 Å². The Labute approximate surface area is 129 Å². The number of hydrogen-bond donors (Lipinski definition) is 1. The van der Waals surface area contributed by atoms with Crippen LogP contribution in [0.15, 0.2) is 24.3 Å². The van der Waals surface area contributed by atoms with Crippen LogP contribution in [0.2, 0.25) is 5.02 Å². The van der Waals surface area contributed by atoms with E-state index >= 15 is 0 Å². The molecule has 1 N–H and O–H groups in total. The second-order valence-corrected chi connectivity index (χ2v) is 5.53. The molecule has 6 heteroatoms. The molecule has 3 rings (SSSR count). The lowest BCUT2D eigenvalue weighted by Gasteiger charge is -2.26. The van der Waals surface area contributed by atoms with Crippen LogP contribution in [0, 0.1) is 0 Å². The summed E-state index contributed by atoms with van der Waals surface area (Å²) >= 11 is 6.06. The number of nitrogens with one attached hydrogen (secondary N) is 1. The minimum Gasteiger partial charge on any atom is -0.357 e. The van der Waals surface area contributed by atoms with Gasteiger partial charge in [0.1, 0.15) is 0 Å². The van der Waals surface area contributed by atoms with Crippen molar-refractivity contribution in [2.45, 2.75) is 19.3 Å². The average Bonchev–Trinajstić information content (AvgIpc) is 2.55. The smallest absolute Gasteiger partial charge is 0.230 e. The molecule has 1 aliphatic heterocycles. The monoisotopic (exact) mass is 303 g/mol. The summed E-state index contributed by atoms with van der Waals surface area (Å²) in [5.41, 5.74) is 0.902. The van der Waals surface area contributed by atoms with Crippen molar-refractivity contribution in [1.82, 2.24) is 15.0 Å². The van der Waals surface area contributed by atoms with Crippen LogP contribution in [0.25, 0.3) is 11.4 Å². The summed E-state index contributed by atoms with van der Waals surface area (Å²) in [6.45, 7) is 2.00. The SMILES string of the molecule is CNc1nc(-c2cccc(Cl)c2)nc(N2CCCCC2)n1. The first-order valence-electron chi connectivity index (χ1n) is 7.21. The lowest BCUT2D eigenvalue weighted by atomic mass is 10.1. The van der Waals surface area contributed by atoms with Crippen molar-refractivity contribution >= 4 is 23.5 Å². The summed E-state index contributed by atoms with van der Waals surface area (Å²) in [5.74, 6) is 1.97. The van der Waals surface area contributed by atoms with Crippen molar-refractivity contribution in [3.63, 3.8) is 0 Å². The van der Waals surface area contributed by atoms with Crippen molar-refractivity contribution in [3.05, 3.63) is 29.3 Å². The van der Waals surface area contributed by atoms with E-state index in [0.717, 1.165) is 24.6 Å². The second kappa shape index (κ2) is 6.26. The van der Waals surface area contributed by atoms with Gasteiger partial charge in [-0.25, -0.2) is 0 Å². The maximum Gasteiger partial charge on any atom is 0.230 e. The fraction of sp³-hybridized carbons (Fsp3) is 0.400.